The molecule has 42 heavy (non-hydrogen) atoms. The van der Waals surface area contributed by atoms with E-state index in [0.717, 1.165) is 0 Å². The molecule has 4 aromatic rings. The number of benzene rings is 2. The second-order valence-electron chi connectivity index (χ2n) is 13.6. The normalized spacial score (nSPS) is 11.2. The van der Waals surface area contributed by atoms with Crippen LogP contribution in [-0.4, -0.2) is 5.43 Å². The van der Waals surface area contributed by atoms with Crippen LogP contribution in [0.15, 0.2) is 48.5 Å². The first-order chi connectivity index (χ1) is 18.6. The van der Waals surface area contributed by atoms with Gasteiger partial charge in [0.25, 0.3) is 0 Å². The van der Waals surface area contributed by atoms with Gasteiger partial charge in [0.15, 0.2) is 0 Å². The molecule has 0 heterocycles. The molecule has 0 N–H and O–H groups in total. The molecule has 0 radical (unpaired) electrons. The molecule has 0 fully saturated rings. The Morgan fingerprint density at radius 1 is 0.500 bits per heavy atom. The number of hydrogen-bond acceptors (Lipinski definition) is 0. The first-order valence-electron chi connectivity index (χ1n) is 15.5. The van der Waals surface area contributed by atoms with Crippen LogP contribution in [0, 0.1) is 0 Å². The van der Waals surface area contributed by atoms with Crippen LogP contribution < -0.4 is 24.8 Å². The van der Waals surface area contributed by atoms with Gasteiger partial charge in [-0.1, -0.05) is 105 Å². The van der Waals surface area contributed by atoms with E-state index in [1.807, 2.05) is 0 Å². The molecule has 0 atom stereocenters. The molecule has 0 aliphatic carbocycles. The molecule has 0 aliphatic rings. The summed E-state index contributed by atoms with van der Waals surface area (Å²) in [5.74, 6) is 3.61. The summed E-state index contributed by atoms with van der Waals surface area (Å²) < 4.78 is 0. The summed E-state index contributed by atoms with van der Waals surface area (Å²) in [6.07, 6.45) is 0. The number of rotatable bonds is 6. The second-order valence-corrected chi connectivity index (χ2v) is 23.0. The van der Waals surface area contributed by atoms with Crippen LogP contribution in [0.1, 0.15) is 152 Å². The Hall–Kier alpha value is -0.660. The fourth-order valence-electron chi connectivity index (χ4n) is 5.65. The molecule has 4 aromatic carbocycles. The minimum atomic E-state index is 0. The molecule has 232 valence electrons. The molecule has 0 saturated heterocycles. The van der Waals surface area contributed by atoms with Gasteiger partial charge >= 0.3 is 41.9 Å². The summed E-state index contributed by atoms with van der Waals surface area (Å²) in [4.78, 5) is 0. The van der Waals surface area contributed by atoms with Crippen molar-refractivity contribution in [1.82, 2.24) is 0 Å². The maximum atomic E-state index is 2.40. The molecular weight excluding hydrogens is 647 g/mol. The third-order valence-corrected chi connectivity index (χ3v) is 7.71. The number of halogens is 2. The van der Waals surface area contributed by atoms with E-state index in [-0.39, 0.29) is 30.2 Å². The van der Waals surface area contributed by atoms with Gasteiger partial charge in [-0.2, -0.15) is 12.1 Å². The molecule has 0 amide bonds. The smallest absolute Gasteiger partial charge is 1.00 e. The Morgan fingerprint density at radius 2 is 0.786 bits per heavy atom. The maximum absolute atomic E-state index is 2.40. The topological polar surface area (TPSA) is 0 Å². The van der Waals surface area contributed by atoms with Gasteiger partial charge in [-0.15, -0.1) is 69.1 Å². The molecule has 0 spiro atoms. The van der Waals surface area contributed by atoms with E-state index in [9.17, 15) is 0 Å². The Labute approximate surface area is 286 Å². The minimum Gasteiger partial charge on any atom is -1.00 e. The van der Waals surface area contributed by atoms with Crippen molar-refractivity contribution in [2.45, 2.75) is 132 Å². The Kier molecular flexibility index (Phi) is 18.1. The Morgan fingerprint density at radius 3 is 1.00 bits per heavy atom. The van der Waals surface area contributed by atoms with E-state index in [2.05, 4.69) is 145 Å². The second kappa shape index (κ2) is 18.3. The van der Waals surface area contributed by atoms with Crippen molar-refractivity contribution in [3.05, 3.63) is 81.9 Å². The van der Waals surface area contributed by atoms with Gasteiger partial charge in [0.2, 0.25) is 0 Å². The van der Waals surface area contributed by atoms with Crippen LogP contribution in [0.4, 0.5) is 0 Å². The predicted molar refractivity (Wildman–Crippen MR) is 181 cm³/mol. The third kappa shape index (κ3) is 10.8. The molecule has 0 aliphatic heterocycles. The zero-order valence-electron chi connectivity index (χ0n) is 28.8. The van der Waals surface area contributed by atoms with Crippen LogP contribution in [0.2, 0.25) is 13.1 Å². The van der Waals surface area contributed by atoms with Gasteiger partial charge in [0.05, 0.1) is 0 Å². The van der Waals surface area contributed by atoms with Crippen LogP contribution >= 0.6 is 0 Å². The molecular formula is C38H56Cl2SiZr-2. The van der Waals surface area contributed by atoms with Crippen molar-refractivity contribution in [1.29, 1.82) is 0 Å². The summed E-state index contributed by atoms with van der Waals surface area (Å²) in [5.41, 5.74) is 9.27. The van der Waals surface area contributed by atoms with Crippen LogP contribution in [0.5, 0.6) is 0 Å². The molecule has 0 aromatic heterocycles. The van der Waals surface area contributed by atoms with Crippen molar-refractivity contribution >= 4 is 27.0 Å². The molecule has 4 rings (SSSR count). The van der Waals surface area contributed by atoms with Gasteiger partial charge in [-0.25, -0.2) is 0 Å². The number of hydrogen-bond donors (Lipinski definition) is 0. The van der Waals surface area contributed by atoms with Crippen molar-refractivity contribution in [3.8, 4) is 0 Å². The first kappa shape index (κ1) is 41.3. The zero-order valence-corrected chi connectivity index (χ0v) is 33.8. The number of fused-ring (bicyclic) bond motifs is 2. The largest absolute Gasteiger partial charge is 1.00 e. The van der Waals surface area contributed by atoms with Crippen molar-refractivity contribution < 1.29 is 48.1 Å². The van der Waals surface area contributed by atoms with Crippen LogP contribution in [0.3, 0.4) is 0 Å². The zero-order chi connectivity index (χ0) is 30.5. The quantitative estimate of drug-likeness (QED) is 0.156. The predicted octanol–water partition coefficient (Wildman–Crippen LogP) is 6.65. The summed E-state index contributed by atoms with van der Waals surface area (Å²) in [6, 6.07) is 18.8. The fraction of sp³-hybridized carbons (Fsp3) is 0.526. The summed E-state index contributed by atoms with van der Waals surface area (Å²) in [7, 11) is 0. The molecule has 0 bridgehead atoms. The summed E-state index contributed by atoms with van der Waals surface area (Å²) in [5, 5.41) is 5.76. The Balaban J connectivity index is 0.000000682. The maximum Gasteiger partial charge on any atom is -1.00 e. The van der Waals surface area contributed by atoms with Gasteiger partial charge < -0.3 is 24.8 Å². The molecule has 0 nitrogen and oxygen atoms in total. The molecule has 4 heteroatoms. The monoisotopic (exact) mass is 700 g/mol. The van der Waals surface area contributed by atoms with E-state index in [0.29, 0.717) is 35.5 Å². The van der Waals surface area contributed by atoms with E-state index < -0.39 is 0 Å². The molecule has 0 unspecified atom stereocenters. The van der Waals surface area contributed by atoms with E-state index in [4.69, 9.17) is 0 Å². The van der Waals surface area contributed by atoms with Gasteiger partial charge in [-0.05, 0) is 35.5 Å². The summed E-state index contributed by atoms with van der Waals surface area (Å²) in [6.45, 7) is 32.1. The SMILES string of the molecule is CC(C)c1cc2c(C(C)C)c(C(C)C)ccc2[cH-]1.CC(C)c1cc2c(C(C)C)c(C(C)C)ccc2[cH-]1.C[Si](C)=[Zr+2].[Cl-].[Cl-]. The van der Waals surface area contributed by atoms with E-state index in [1.54, 1.807) is 34.5 Å². The van der Waals surface area contributed by atoms with E-state index >= 15 is 0 Å². The fourth-order valence-corrected chi connectivity index (χ4v) is 5.65. The average Bonchev–Trinajstić information content (AvgIpc) is 3.47. The van der Waals surface area contributed by atoms with Gasteiger partial charge in [-0.3, -0.25) is 0 Å². The average molecular weight is 703 g/mol. The minimum absolute atomic E-state index is 0. The van der Waals surface area contributed by atoms with Crippen molar-refractivity contribution in [3.63, 3.8) is 0 Å². The van der Waals surface area contributed by atoms with Gasteiger partial charge in [0.1, 0.15) is 0 Å². The standard InChI is InChI=1S/2C18H25.C2H6Si.2ClH.Zr/c2*1-11(2)15-9-14-7-8-16(12(3)4)18(13(5)6)17(14)10-15;1-3-2;;;/h2*7-13H,1-6H3;1-2H3;2*1H;/q2*-1;;;;+2/p-2. The third-order valence-electron chi connectivity index (χ3n) is 7.71. The Bertz CT molecular complexity index is 1290. The summed E-state index contributed by atoms with van der Waals surface area (Å²) >= 11 is 1.74. The van der Waals surface area contributed by atoms with E-state index in [1.165, 1.54) is 43.8 Å². The van der Waals surface area contributed by atoms with Crippen LogP contribution in [0.25, 0.3) is 21.5 Å². The van der Waals surface area contributed by atoms with Crippen LogP contribution in [-0.2, 0) is 23.3 Å². The van der Waals surface area contributed by atoms with Crippen molar-refractivity contribution in [2.75, 3.05) is 0 Å². The molecule has 0 saturated carbocycles. The van der Waals surface area contributed by atoms with Gasteiger partial charge in [0, 0.05) is 0 Å². The van der Waals surface area contributed by atoms with Crippen molar-refractivity contribution in [2.24, 2.45) is 0 Å². The first-order valence-corrected chi connectivity index (χ1v) is 21.7.